The Balaban J connectivity index is 1.99. The minimum atomic E-state index is -0.364. The number of hydrogen-bond donors (Lipinski definition) is 0. The molecule has 0 N–H and O–H groups in total. The van der Waals surface area contributed by atoms with Gasteiger partial charge in [0.2, 0.25) is 0 Å². The molecule has 0 atom stereocenters. The summed E-state index contributed by atoms with van der Waals surface area (Å²) >= 11 is 7.08. The highest BCUT2D eigenvalue weighted by Gasteiger charge is 2.04. The SMILES string of the molecule is Fc1ccccc1OCc1nc(CCl)cs1. The van der Waals surface area contributed by atoms with Gasteiger partial charge >= 0.3 is 0 Å². The number of thiazole rings is 1. The summed E-state index contributed by atoms with van der Waals surface area (Å²) in [6.45, 7) is 0.266. The van der Waals surface area contributed by atoms with Crippen molar-refractivity contribution in [2.24, 2.45) is 0 Å². The smallest absolute Gasteiger partial charge is 0.165 e. The van der Waals surface area contributed by atoms with E-state index < -0.39 is 0 Å². The van der Waals surface area contributed by atoms with Crippen molar-refractivity contribution in [2.45, 2.75) is 12.5 Å². The number of hydrogen-bond acceptors (Lipinski definition) is 3. The molecule has 0 aliphatic heterocycles. The molecule has 0 aliphatic rings. The summed E-state index contributed by atoms with van der Waals surface area (Å²) in [5, 5.41) is 2.66. The largest absolute Gasteiger partial charge is 0.483 e. The number of nitrogens with zero attached hydrogens (tertiary/aromatic N) is 1. The molecule has 16 heavy (non-hydrogen) atoms. The van der Waals surface area contributed by atoms with E-state index >= 15 is 0 Å². The lowest BCUT2D eigenvalue weighted by atomic mass is 10.3. The van der Waals surface area contributed by atoms with Crippen molar-refractivity contribution in [2.75, 3.05) is 0 Å². The van der Waals surface area contributed by atoms with E-state index in [1.54, 1.807) is 18.2 Å². The highest BCUT2D eigenvalue weighted by molar-refractivity contribution is 7.09. The fourth-order valence-corrected chi connectivity index (χ4v) is 2.11. The van der Waals surface area contributed by atoms with Gasteiger partial charge in [0.05, 0.1) is 11.6 Å². The van der Waals surface area contributed by atoms with E-state index in [4.69, 9.17) is 16.3 Å². The van der Waals surface area contributed by atoms with Crippen molar-refractivity contribution in [3.8, 4) is 5.75 Å². The molecule has 0 saturated heterocycles. The fourth-order valence-electron chi connectivity index (χ4n) is 1.18. The van der Waals surface area contributed by atoms with E-state index in [-0.39, 0.29) is 18.2 Å². The number of benzene rings is 1. The van der Waals surface area contributed by atoms with Gasteiger partial charge in [0, 0.05) is 5.38 Å². The molecule has 0 unspecified atom stereocenters. The molecule has 0 fully saturated rings. The molecule has 0 saturated carbocycles. The molecule has 0 aliphatic carbocycles. The molecule has 0 spiro atoms. The highest BCUT2D eigenvalue weighted by Crippen LogP contribution is 2.18. The standard InChI is InChI=1S/C11H9ClFNOS/c12-5-8-7-16-11(14-8)6-15-10-4-2-1-3-9(10)13/h1-4,7H,5-6H2. The maximum Gasteiger partial charge on any atom is 0.165 e. The first-order valence-electron chi connectivity index (χ1n) is 4.66. The van der Waals surface area contributed by atoms with E-state index in [1.807, 2.05) is 5.38 Å². The molecule has 1 aromatic carbocycles. The van der Waals surface area contributed by atoms with Gasteiger partial charge in [0.15, 0.2) is 11.6 Å². The van der Waals surface area contributed by atoms with E-state index in [0.717, 1.165) is 10.7 Å². The molecule has 5 heteroatoms. The van der Waals surface area contributed by atoms with Crippen molar-refractivity contribution in [3.05, 3.63) is 46.2 Å². The third kappa shape index (κ3) is 2.71. The molecule has 84 valence electrons. The Hall–Kier alpha value is -1.13. The number of para-hydroxylation sites is 1. The number of aromatic nitrogens is 1. The van der Waals surface area contributed by atoms with Crippen LogP contribution < -0.4 is 4.74 Å². The average molecular weight is 258 g/mol. The Kier molecular flexibility index (Phi) is 3.74. The van der Waals surface area contributed by atoms with Crippen LogP contribution in [-0.2, 0) is 12.5 Å². The van der Waals surface area contributed by atoms with Gasteiger partial charge in [-0.15, -0.1) is 22.9 Å². The van der Waals surface area contributed by atoms with Gasteiger partial charge < -0.3 is 4.74 Å². The van der Waals surface area contributed by atoms with Gasteiger partial charge in [-0.3, -0.25) is 0 Å². The number of alkyl halides is 1. The topological polar surface area (TPSA) is 22.1 Å². The first-order chi connectivity index (χ1) is 7.79. The van der Waals surface area contributed by atoms with E-state index in [2.05, 4.69) is 4.98 Å². The molecular formula is C11H9ClFNOS. The Labute approximate surface area is 102 Å². The van der Waals surface area contributed by atoms with Crippen molar-refractivity contribution in [1.82, 2.24) is 4.98 Å². The number of halogens is 2. The quantitative estimate of drug-likeness (QED) is 0.781. The summed E-state index contributed by atoms with van der Waals surface area (Å²) < 4.78 is 18.5. The summed E-state index contributed by atoms with van der Waals surface area (Å²) in [5.41, 5.74) is 0.818. The molecular weight excluding hydrogens is 249 g/mol. The number of rotatable bonds is 4. The van der Waals surface area contributed by atoms with Crippen molar-refractivity contribution in [3.63, 3.8) is 0 Å². The zero-order chi connectivity index (χ0) is 11.4. The van der Waals surface area contributed by atoms with Crippen LogP contribution in [0.25, 0.3) is 0 Å². The van der Waals surface area contributed by atoms with Crippen LogP contribution in [0.15, 0.2) is 29.6 Å². The van der Waals surface area contributed by atoms with Gasteiger partial charge in [-0.1, -0.05) is 12.1 Å². The summed E-state index contributed by atoms with van der Waals surface area (Å²) in [6.07, 6.45) is 0. The van der Waals surface area contributed by atoms with Gasteiger partial charge in [0.25, 0.3) is 0 Å². The maximum atomic E-state index is 13.2. The number of ether oxygens (including phenoxy) is 1. The molecule has 0 bridgehead atoms. The minimum absolute atomic E-state index is 0.241. The Morgan fingerprint density at radius 2 is 2.19 bits per heavy atom. The van der Waals surface area contributed by atoms with E-state index in [1.165, 1.54) is 17.4 Å². The van der Waals surface area contributed by atoms with Gasteiger partial charge in [0.1, 0.15) is 11.6 Å². The average Bonchev–Trinajstić information content (AvgIpc) is 2.76. The van der Waals surface area contributed by atoms with Crippen molar-refractivity contribution < 1.29 is 9.13 Å². The molecule has 2 rings (SSSR count). The zero-order valence-electron chi connectivity index (χ0n) is 8.32. The summed E-state index contributed by atoms with van der Waals surface area (Å²) in [4.78, 5) is 4.21. The third-order valence-corrected chi connectivity index (χ3v) is 3.07. The summed E-state index contributed by atoms with van der Waals surface area (Å²) in [5.74, 6) is 0.262. The van der Waals surface area contributed by atoms with Crippen LogP contribution in [0, 0.1) is 5.82 Å². The third-order valence-electron chi connectivity index (χ3n) is 1.92. The summed E-state index contributed by atoms with van der Waals surface area (Å²) in [7, 11) is 0. The van der Waals surface area contributed by atoms with Crippen LogP contribution >= 0.6 is 22.9 Å². The van der Waals surface area contributed by atoms with Crippen LogP contribution in [0.1, 0.15) is 10.7 Å². The van der Waals surface area contributed by atoms with E-state index in [0.29, 0.717) is 5.88 Å². The minimum Gasteiger partial charge on any atom is -0.483 e. The van der Waals surface area contributed by atoms with Gasteiger partial charge in [-0.2, -0.15) is 0 Å². The molecule has 2 aromatic rings. The van der Waals surface area contributed by atoms with Gasteiger partial charge in [-0.25, -0.2) is 9.37 Å². The monoisotopic (exact) mass is 257 g/mol. The lowest BCUT2D eigenvalue weighted by Crippen LogP contribution is -1.96. The molecule has 0 amide bonds. The Bertz CT molecular complexity index is 475. The van der Waals surface area contributed by atoms with Crippen molar-refractivity contribution in [1.29, 1.82) is 0 Å². The molecule has 2 nitrogen and oxygen atoms in total. The van der Waals surface area contributed by atoms with Crippen LogP contribution in [-0.4, -0.2) is 4.98 Å². The normalized spacial score (nSPS) is 10.4. The maximum absolute atomic E-state index is 13.2. The molecule has 0 radical (unpaired) electrons. The van der Waals surface area contributed by atoms with E-state index in [9.17, 15) is 4.39 Å². The second-order valence-electron chi connectivity index (χ2n) is 3.09. The van der Waals surface area contributed by atoms with Gasteiger partial charge in [-0.05, 0) is 12.1 Å². The first-order valence-corrected chi connectivity index (χ1v) is 6.07. The van der Waals surface area contributed by atoms with Crippen LogP contribution in [0.5, 0.6) is 5.75 Å². The second kappa shape index (κ2) is 5.27. The first kappa shape index (κ1) is 11.4. The van der Waals surface area contributed by atoms with Crippen LogP contribution in [0.4, 0.5) is 4.39 Å². The summed E-state index contributed by atoms with van der Waals surface area (Å²) in [6, 6.07) is 6.30. The van der Waals surface area contributed by atoms with Crippen LogP contribution in [0.3, 0.4) is 0 Å². The predicted molar refractivity (Wildman–Crippen MR) is 62.4 cm³/mol. The lowest BCUT2D eigenvalue weighted by Gasteiger charge is -2.04. The Morgan fingerprint density at radius 3 is 2.88 bits per heavy atom. The Morgan fingerprint density at radius 1 is 1.38 bits per heavy atom. The molecule has 1 heterocycles. The second-order valence-corrected chi connectivity index (χ2v) is 4.30. The molecule has 1 aromatic heterocycles. The van der Waals surface area contributed by atoms with Crippen LogP contribution in [0.2, 0.25) is 0 Å². The van der Waals surface area contributed by atoms with Crippen molar-refractivity contribution >= 4 is 22.9 Å². The highest BCUT2D eigenvalue weighted by atomic mass is 35.5. The zero-order valence-corrected chi connectivity index (χ0v) is 9.89. The lowest BCUT2D eigenvalue weighted by molar-refractivity contribution is 0.289. The fraction of sp³-hybridized carbons (Fsp3) is 0.182. The predicted octanol–water partition coefficient (Wildman–Crippen LogP) is 3.60.